The number of nitrogens with zero attached hydrogens (tertiary/aromatic N) is 1. The minimum Gasteiger partial charge on any atom is -0.463 e. The summed E-state index contributed by atoms with van der Waals surface area (Å²) in [5.74, 6) is -2.16. The van der Waals surface area contributed by atoms with Crippen molar-refractivity contribution in [3.05, 3.63) is 32.9 Å². The summed E-state index contributed by atoms with van der Waals surface area (Å²) in [7, 11) is 0. The summed E-state index contributed by atoms with van der Waals surface area (Å²) >= 11 is 3.29. The van der Waals surface area contributed by atoms with Crippen LogP contribution in [0.1, 0.15) is 32.9 Å². The second-order valence-corrected chi connectivity index (χ2v) is 6.56. The number of halogens is 2. The van der Waals surface area contributed by atoms with E-state index in [9.17, 15) is 23.6 Å². The number of rotatable bonds is 6. The summed E-state index contributed by atoms with van der Waals surface area (Å²) in [6, 6.07) is 0. The number of carbonyl (C=O) groups is 2. The summed E-state index contributed by atoms with van der Waals surface area (Å²) in [5, 5.41) is 0. The molecule has 0 aromatic carbocycles. The van der Waals surface area contributed by atoms with Gasteiger partial charge in [0.05, 0.1) is 11.0 Å². The normalized spacial score (nSPS) is 25.1. The van der Waals surface area contributed by atoms with Crippen molar-refractivity contribution in [3.8, 4) is 0 Å². The molecule has 0 saturated carbocycles. The van der Waals surface area contributed by atoms with Gasteiger partial charge in [0.15, 0.2) is 6.23 Å². The first-order chi connectivity index (χ1) is 12.3. The second kappa shape index (κ2) is 8.58. The Bertz CT molecular complexity index is 793. The lowest BCUT2D eigenvalue weighted by atomic mass is 10.2. The highest BCUT2D eigenvalue weighted by molar-refractivity contribution is 9.09. The Morgan fingerprint density at radius 3 is 2.58 bits per heavy atom. The van der Waals surface area contributed by atoms with E-state index in [1.54, 1.807) is 13.8 Å². The number of H-pyrrole nitrogens is 1. The summed E-state index contributed by atoms with van der Waals surface area (Å²) in [6.07, 6.45) is -1.89. The lowest BCUT2D eigenvalue weighted by Crippen LogP contribution is -2.38. The summed E-state index contributed by atoms with van der Waals surface area (Å²) in [5.41, 5.74) is -2.05. The number of hydrogen-bond acceptors (Lipinski definition) is 7. The van der Waals surface area contributed by atoms with Crippen LogP contribution in [0.15, 0.2) is 15.8 Å². The molecule has 1 saturated heterocycles. The molecule has 1 aromatic rings. The van der Waals surface area contributed by atoms with Crippen molar-refractivity contribution in [1.29, 1.82) is 0 Å². The summed E-state index contributed by atoms with van der Waals surface area (Å²) < 4.78 is 30.4. The van der Waals surface area contributed by atoms with Crippen molar-refractivity contribution >= 4 is 27.9 Å². The van der Waals surface area contributed by atoms with E-state index in [1.165, 1.54) is 0 Å². The van der Waals surface area contributed by atoms with Crippen molar-refractivity contribution in [3.63, 3.8) is 0 Å². The van der Waals surface area contributed by atoms with E-state index in [-0.39, 0.29) is 19.4 Å². The van der Waals surface area contributed by atoms with Crippen molar-refractivity contribution in [2.75, 3.05) is 6.61 Å². The van der Waals surface area contributed by atoms with E-state index in [2.05, 4.69) is 15.9 Å². The highest BCUT2D eigenvalue weighted by Gasteiger charge is 2.47. The van der Waals surface area contributed by atoms with Crippen LogP contribution in [0.2, 0.25) is 0 Å². The maximum Gasteiger partial charge on any atom is 0.330 e. The molecule has 0 bridgehead atoms. The fraction of sp³-hybridized carbons (Fsp3) is 0.600. The van der Waals surface area contributed by atoms with E-state index < -0.39 is 52.3 Å². The SMILES string of the molecule is CCC(=O)OC[C@@H]1O[C@H](n2cc(F)c(=O)[nH]c2=O)[C@H](Br)[C@@H]1OC(=O)CC. The first-order valence-corrected chi connectivity index (χ1v) is 8.85. The van der Waals surface area contributed by atoms with Crippen molar-refractivity contribution in [1.82, 2.24) is 9.55 Å². The van der Waals surface area contributed by atoms with Gasteiger partial charge in [-0.05, 0) is 0 Å². The molecular formula is C15H18BrFN2O7. The Hall–Kier alpha value is -2.01. The molecule has 0 radical (unpaired) electrons. The lowest BCUT2D eigenvalue weighted by Gasteiger charge is -2.20. The fourth-order valence-electron chi connectivity index (χ4n) is 2.35. The molecule has 1 aliphatic rings. The number of ether oxygens (including phenoxy) is 3. The topological polar surface area (TPSA) is 117 Å². The third kappa shape index (κ3) is 4.39. The molecule has 0 unspecified atom stereocenters. The molecule has 1 fully saturated rings. The van der Waals surface area contributed by atoms with Gasteiger partial charge in [-0.3, -0.25) is 23.9 Å². The standard InChI is InChI=1S/C15H18BrFN2O7/c1-3-9(20)24-6-8-12(26-10(21)4-2)11(16)14(25-8)19-5-7(17)13(22)18-15(19)23/h5,8,11-12,14H,3-4,6H2,1-2H3,(H,18,22,23)/t8-,11+,12+,14-/m0/s1. The Morgan fingerprint density at radius 2 is 1.96 bits per heavy atom. The number of aromatic amines is 1. The first-order valence-electron chi connectivity index (χ1n) is 7.94. The van der Waals surface area contributed by atoms with Crippen molar-refractivity contribution in [2.24, 2.45) is 0 Å². The van der Waals surface area contributed by atoms with Crippen LogP contribution in [-0.2, 0) is 23.8 Å². The molecule has 2 heterocycles. The predicted molar refractivity (Wildman–Crippen MR) is 89.3 cm³/mol. The highest BCUT2D eigenvalue weighted by Crippen LogP contribution is 2.36. The van der Waals surface area contributed by atoms with E-state index in [4.69, 9.17) is 14.2 Å². The largest absolute Gasteiger partial charge is 0.463 e. The molecule has 1 N–H and O–H groups in total. The first kappa shape index (κ1) is 20.3. The van der Waals surface area contributed by atoms with Crippen LogP contribution in [0, 0.1) is 5.82 Å². The number of esters is 2. The number of alkyl halides is 1. The molecule has 2 rings (SSSR count). The Kier molecular flexibility index (Phi) is 6.70. The summed E-state index contributed by atoms with van der Waals surface area (Å²) in [4.78, 5) is 47.3. The van der Waals surface area contributed by atoms with Gasteiger partial charge in [-0.2, -0.15) is 4.39 Å². The van der Waals surface area contributed by atoms with Gasteiger partial charge < -0.3 is 14.2 Å². The molecule has 0 spiro atoms. The quantitative estimate of drug-likeness (QED) is 0.512. The molecule has 9 nitrogen and oxygen atoms in total. The summed E-state index contributed by atoms with van der Waals surface area (Å²) in [6.45, 7) is 3.01. The van der Waals surface area contributed by atoms with Gasteiger partial charge in [0.1, 0.15) is 18.8 Å². The van der Waals surface area contributed by atoms with Gasteiger partial charge in [0, 0.05) is 12.8 Å². The number of carbonyl (C=O) groups excluding carboxylic acids is 2. The van der Waals surface area contributed by atoms with Gasteiger partial charge in [-0.25, -0.2) is 4.79 Å². The molecule has 0 amide bonds. The van der Waals surface area contributed by atoms with E-state index in [0.29, 0.717) is 6.20 Å². The zero-order chi connectivity index (χ0) is 19.4. The van der Waals surface area contributed by atoms with Crippen molar-refractivity contribution < 1.29 is 28.2 Å². The number of aromatic nitrogens is 2. The van der Waals surface area contributed by atoms with E-state index >= 15 is 0 Å². The van der Waals surface area contributed by atoms with Gasteiger partial charge in [0.2, 0.25) is 5.82 Å². The maximum atomic E-state index is 13.6. The Balaban J connectivity index is 2.30. The average molecular weight is 437 g/mol. The van der Waals surface area contributed by atoms with Gasteiger partial charge in [0.25, 0.3) is 5.56 Å². The van der Waals surface area contributed by atoms with Crippen LogP contribution in [0.25, 0.3) is 0 Å². The molecular weight excluding hydrogens is 419 g/mol. The fourth-order valence-corrected chi connectivity index (χ4v) is 3.18. The van der Waals surface area contributed by atoms with E-state index in [0.717, 1.165) is 4.57 Å². The van der Waals surface area contributed by atoms with Crippen LogP contribution < -0.4 is 11.2 Å². The number of hydrogen-bond donors (Lipinski definition) is 1. The third-order valence-electron chi connectivity index (χ3n) is 3.72. The molecule has 26 heavy (non-hydrogen) atoms. The van der Waals surface area contributed by atoms with Crippen LogP contribution in [0.5, 0.6) is 0 Å². The van der Waals surface area contributed by atoms with Gasteiger partial charge >= 0.3 is 17.6 Å². The molecule has 0 aliphatic carbocycles. The van der Waals surface area contributed by atoms with Crippen LogP contribution in [0.4, 0.5) is 4.39 Å². The predicted octanol–water partition coefficient (Wildman–Crippen LogP) is 0.612. The third-order valence-corrected chi connectivity index (χ3v) is 4.69. The van der Waals surface area contributed by atoms with Gasteiger partial charge in [-0.1, -0.05) is 29.8 Å². The highest BCUT2D eigenvalue weighted by atomic mass is 79.9. The monoisotopic (exact) mass is 436 g/mol. The zero-order valence-corrected chi connectivity index (χ0v) is 15.7. The van der Waals surface area contributed by atoms with Crippen LogP contribution >= 0.6 is 15.9 Å². The van der Waals surface area contributed by atoms with Crippen molar-refractivity contribution in [2.45, 2.75) is 50.0 Å². The Morgan fingerprint density at radius 1 is 1.31 bits per heavy atom. The Labute approximate surface area is 155 Å². The molecule has 11 heteroatoms. The molecule has 1 aliphatic heterocycles. The average Bonchev–Trinajstić information content (AvgIpc) is 2.91. The second-order valence-electron chi connectivity index (χ2n) is 5.50. The van der Waals surface area contributed by atoms with Gasteiger partial charge in [-0.15, -0.1) is 0 Å². The van der Waals surface area contributed by atoms with Crippen LogP contribution in [-0.4, -0.2) is 45.1 Å². The minimum atomic E-state index is -1.17. The molecule has 4 atom stereocenters. The van der Waals surface area contributed by atoms with E-state index in [1.807, 2.05) is 4.98 Å². The molecule has 1 aromatic heterocycles. The molecule has 144 valence electrons. The van der Waals surface area contributed by atoms with Crippen LogP contribution in [0.3, 0.4) is 0 Å². The smallest absolute Gasteiger partial charge is 0.330 e. The zero-order valence-electron chi connectivity index (χ0n) is 14.1. The number of nitrogens with one attached hydrogen (secondary N) is 1. The minimum absolute atomic E-state index is 0.107. The maximum absolute atomic E-state index is 13.6. The lowest BCUT2D eigenvalue weighted by molar-refractivity contribution is -0.157.